The summed E-state index contributed by atoms with van der Waals surface area (Å²) in [5.41, 5.74) is 0.562. The standard InChI is InChI=1S/C17H20N2O5/c1-2-3-8-23-14-6-4-12(5-7-14)16(21)18-9-13(10-18)19-15(20)11-24-17(19)22/h4-7,13H,2-3,8-11H2,1H3. The van der Waals surface area contributed by atoms with Gasteiger partial charge in [0.2, 0.25) is 0 Å². The van der Waals surface area contributed by atoms with Crippen molar-refractivity contribution in [1.82, 2.24) is 9.80 Å². The van der Waals surface area contributed by atoms with Gasteiger partial charge in [0.1, 0.15) is 5.75 Å². The zero-order valence-corrected chi connectivity index (χ0v) is 13.6. The number of likely N-dealkylation sites (tertiary alicyclic amines) is 1. The van der Waals surface area contributed by atoms with Gasteiger partial charge in [0.05, 0.1) is 12.6 Å². The van der Waals surface area contributed by atoms with Crippen LogP contribution in [-0.4, -0.2) is 60.1 Å². The van der Waals surface area contributed by atoms with Crippen LogP contribution in [0.5, 0.6) is 5.75 Å². The number of nitrogens with zero attached hydrogens (tertiary/aromatic N) is 2. The molecule has 1 aromatic carbocycles. The minimum absolute atomic E-state index is 0.119. The Morgan fingerprint density at radius 3 is 2.54 bits per heavy atom. The molecule has 0 spiro atoms. The highest BCUT2D eigenvalue weighted by Gasteiger charge is 2.44. The van der Waals surface area contributed by atoms with Gasteiger partial charge in [0.25, 0.3) is 11.8 Å². The van der Waals surface area contributed by atoms with Gasteiger partial charge >= 0.3 is 6.09 Å². The maximum atomic E-state index is 12.4. The number of ether oxygens (including phenoxy) is 2. The van der Waals surface area contributed by atoms with Gasteiger partial charge < -0.3 is 14.4 Å². The van der Waals surface area contributed by atoms with Crippen molar-refractivity contribution in [2.24, 2.45) is 0 Å². The van der Waals surface area contributed by atoms with Gasteiger partial charge in [-0.25, -0.2) is 9.69 Å². The molecule has 128 valence electrons. The molecule has 2 heterocycles. The van der Waals surface area contributed by atoms with Crippen molar-refractivity contribution in [3.8, 4) is 5.75 Å². The first-order chi connectivity index (χ1) is 11.6. The van der Waals surface area contributed by atoms with Crippen LogP contribution in [0.4, 0.5) is 4.79 Å². The number of imide groups is 1. The zero-order chi connectivity index (χ0) is 17.1. The lowest BCUT2D eigenvalue weighted by Crippen LogP contribution is -2.62. The van der Waals surface area contributed by atoms with E-state index in [0.717, 1.165) is 23.5 Å². The zero-order valence-electron chi connectivity index (χ0n) is 13.6. The second-order valence-corrected chi connectivity index (χ2v) is 5.91. The summed E-state index contributed by atoms with van der Waals surface area (Å²) in [5, 5.41) is 0. The first-order valence-corrected chi connectivity index (χ1v) is 8.11. The fourth-order valence-corrected chi connectivity index (χ4v) is 2.71. The average Bonchev–Trinajstić information content (AvgIpc) is 2.87. The molecule has 0 aliphatic carbocycles. The van der Waals surface area contributed by atoms with Gasteiger partial charge in [-0.1, -0.05) is 13.3 Å². The number of hydrogen-bond donors (Lipinski definition) is 0. The Morgan fingerprint density at radius 1 is 1.25 bits per heavy atom. The molecule has 0 bridgehead atoms. The van der Waals surface area contributed by atoms with E-state index in [0.29, 0.717) is 25.3 Å². The maximum Gasteiger partial charge on any atom is 0.417 e. The summed E-state index contributed by atoms with van der Waals surface area (Å²) in [5.74, 6) is 0.281. The molecular weight excluding hydrogens is 312 g/mol. The molecule has 2 aliphatic heterocycles. The monoisotopic (exact) mass is 332 g/mol. The van der Waals surface area contributed by atoms with Crippen LogP contribution in [-0.2, 0) is 9.53 Å². The molecule has 0 unspecified atom stereocenters. The summed E-state index contributed by atoms with van der Waals surface area (Å²) in [4.78, 5) is 38.2. The summed E-state index contributed by atoms with van der Waals surface area (Å²) >= 11 is 0. The molecule has 1 aromatic rings. The van der Waals surface area contributed by atoms with Crippen LogP contribution >= 0.6 is 0 Å². The lowest BCUT2D eigenvalue weighted by atomic mass is 10.1. The lowest BCUT2D eigenvalue weighted by Gasteiger charge is -2.41. The van der Waals surface area contributed by atoms with Gasteiger partial charge in [-0.3, -0.25) is 9.59 Å². The number of hydrogen-bond acceptors (Lipinski definition) is 5. The highest BCUT2D eigenvalue weighted by atomic mass is 16.6. The summed E-state index contributed by atoms with van der Waals surface area (Å²) in [7, 11) is 0. The molecule has 3 rings (SSSR count). The largest absolute Gasteiger partial charge is 0.494 e. The van der Waals surface area contributed by atoms with E-state index >= 15 is 0 Å². The van der Waals surface area contributed by atoms with Crippen LogP contribution in [0, 0.1) is 0 Å². The van der Waals surface area contributed by atoms with Gasteiger partial charge in [0.15, 0.2) is 6.61 Å². The molecule has 7 heteroatoms. The highest BCUT2D eigenvalue weighted by Crippen LogP contribution is 2.22. The maximum absolute atomic E-state index is 12.4. The van der Waals surface area contributed by atoms with E-state index in [1.807, 2.05) is 0 Å². The van der Waals surface area contributed by atoms with Crippen molar-refractivity contribution >= 4 is 17.9 Å². The first-order valence-electron chi connectivity index (χ1n) is 8.11. The van der Waals surface area contributed by atoms with Gasteiger partial charge in [-0.15, -0.1) is 0 Å². The minimum Gasteiger partial charge on any atom is -0.494 e. The normalized spacial score (nSPS) is 17.7. The minimum atomic E-state index is -0.620. The third-order valence-electron chi connectivity index (χ3n) is 4.17. The highest BCUT2D eigenvalue weighted by molar-refractivity contribution is 5.99. The van der Waals surface area contributed by atoms with Gasteiger partial charge in [-0.05, 0) is 30.7 Å². The summed E-state index contributed by atoms with van der Waals surface area (Å²) < 4.78 is 10.3. The number of carbonyl (C=O) groups is 3. The summed E-state index contributed by atoms with van der Waals surface area (Å²) in [6.45, 7) is 3.24. The number of benzene rings is 1. The van der Waals surface area contributed by atoms with E-state index < -0.39 is 6.09 Å². The van der Waals surface area contributed by atoms with Crippen LogP contribution in [0.15, 0.2) is 24.3 Å². The van der Waals surface area contributed by atoms with Crippen molar-refractivity contribution in [2.75, 3.05) is 26.3 Å². The molecule has 0 atom stereocenters. The molecule has 2 saturated heterocycles. The molecule has 2 aliphatic rings. The lowest BCUT2D eigenvalue weighted by molar-refractivity contribution is -0.129. The second kappa shape index (κ2) is 6.90. The van der Waals surface area contributed by atoms with Crippen molar-refractivity contribution in [3.05, 3.63) is 29.8 Å². The average molecular weight is 332 g/mol. The predicted octanol–water partition coefficient (Wildman–Crippen LogP) is 1.67. The van der Waals surface area contributed by atoms with E-state index in [2.05, 4.69) is 11.7 Å². The number of unbranched alkanes of at least 4 members (excludes halogenated alkanes) is 1. The van der Waals surface area contributed by atoms with Crippen LogP contribution < -0.4 is 4.74 Å². The van der Waals surface area contributed by atoms with Crippen molar-refractivity contribution in [2.45, 2.75) is 25.8 Å². The number of amides is 3. The third-order valence-corrected chi connectivity index (χ3v) is 4.17. The Morgan fingerprint density at radius 2 is 1.96 bits per heavy atom. The van der Waals surface area contributed by atoms with E-state index in [1.165, 1.54) is 0 Å². The van der Waals surface area contributed by atoms with Crippen LogP contribution in [0.1, 0.15) is 30.1 Å². The Balaban J connectivity index is 1.53. The molecule has 24 heavy (non-hydrogen) atoms. The van der Waals surface area contributed by atoms with Crippen molar-refractivity contribution in [3.63, 3.8) is 0 Å². The Hall–Kier alpha value is -2.57. The fourth-order valence-electron chi connectivity index (χ4n) is 2.71. The van der Waals surface area contributed by atoms with E-state index in [-0.39, 0.29) is 24.5 Å². The van der Waals surface area contributed by atoms with Gasteiger partial charge in [0, 0.05) is 18.7 Å². The summed E-state index contributed by atoms with van der Waals surface area (Å²) in [6.07, 6.45) is 1.44. The molecule has 3 amide bonds. The molecule has 0 N–H and O–H groups in total. The van der Waals surface area contributed by atoms with Gasteiger partial charge in [-0.2, -0.15) is 0 Å². The molecule has 0 aromatic heterocycles. The number of rotatable bonds is 6. The van der Waals surface area contributed by atoms with Crippen LogP contribution in [0.3, 0.4) is 0 Å². The summed E-state index contributed by atoms with van der Waals surface area (Å²) in [6, 6.07) is 6.73. The smallest absolute Gasteiger partial charge is 0.417 e. The SMILES string of the molecule is CCCCOc1ccc(C(=O)N2CC(N3C(=O)COC3=O)C2)cc1. The van der Waals surface area contributed by atoms with Crippen molar-refractivity contribution in [1.29, 1.82) is 0 Å². The topological polar surface area (TPSA) is 76.2 Å². The Bertz CT molecular complexity index is 621. The molecule has 0 saturated carbocycles. The molecule has 0 radical (unpaired) electrons. The quantitative estimate of drug-likeness (QED) is 0.741. The third kappa shape index (κ3) is 3.20. The first kappa shape index (κ1) is 16.3. The number of cyclic esters (lactones) is 1. The Kier molecular flexibility index (Phi) is 4.69. The van der Waals surface area contributed by atoms with Crippen molar-refractivity contribution < 1.29 is 23.9 Å². The Labute approximate surface area is 140 Å². The predicted molar refractivity (Wildman–Crippen MR) is 84.7 cm³/mol. The van der Waals surface area contributed by atoms with Crippen LogP contribution in [0.2, 0.25) is 0 Å². The number of carbonyl (C=O) groups excluding carboxylic acids is 3. The molecule has 7 nitrogen and oxygen atoms in total. The molecular formula is C17H20N2O5. The van der Waals surface area contributed by atoms with E-state index in [4.69, 9.17) is 4.74 Å². The molecule has 2 fully saturated rings. The second-order valence-electron chi connectivity index (χ2n) is 5.91. The fraction of sp³-hybridized carbons (Fsp3) is 0.471. The van der Waals surface area contributed by atoms with E-state index in [9.17, 15) is 14.4 Å². The van der Waals surface area contributed by atoms with E-state index in [1.54, 1.807) is 29.2 Å². The van der Waals surface area contributed by atoms with Crippen LogP contribution in [0.25, 0.3) is 0 Å².